The van der Waals surface area contributed by atoms with Crippen LogP contribution in [0, 0.1) is 11.6 Å². The quantitative estimate of drug-likeness (QED) is 0.738. The molecule has 0 aliphatic carbocycles. The minimum atomic E-state index is -3.90. The minimum Gasteiger partial charge on any atom is -0.547 e. The summed E-state index contributed by atoms with van der Waals surface area (Å²) in [6, 6.07) is 2.02. The summed E-state index contributed by atoms with van der Waals surface area (Å²) in [6.45, 7) is 0. The monoisotopic (exact) mass is 206 g/mol. The molecule has 0 N–H and O–H groups in total. The fourth-order valence-corrected chi connectivity index (χ4v) is 1.52. The van der Waals surface area contributed by atoms with Crippen molar-refractivity contribution in [1.82, 2.24) is 0 Å². The van der Waals surface area contributed by atoms with Gasteiger partial charge in [-0.2, -0.15) is 7.05 Å². The van der Waals surface area contributed by atoms with Gasteiger partial charge in [0.15, 0.2) is 0 Å². The van der Waals surface area contributed by atoms with Crippen molar-refractivity contribution in [2.75, 3.05) is 7.05 Å². The molecule has 1 rings (SSSR count). The van der Waals surface area contributed by atoms with Crippen molar-refractivity contribution in [3.63, 3.8) is 0 Å². The van der Waals surface area contributed by atoms with Crippen molar-refractivity contribution in [3.05, 3.63) is 34.6 Å². The highest BCUT2D eigenvalue weighted by Crippen LogP contribution is 2.17. The van der Waals surface area contributed by atoms with E-state index in [1.165, 1.54) is 0 Å². The molecule has 0 unspecified atom stereocenters. The van der Waals surface area contributed by atoms with Gasteiger partial charge < -0.3 is 4.72 Å². The number of hydrogen-bond acceptors (Lipinski definition) is 2. The van der Waals surface area contributed by atoms with E-state index in [4.69, 9.17) is 0 Å². The molecule has 72 valence electrons. The lowest BCUT2D eigenvalue weighted by Crippen LogP contribution is -1.99. The van der Waals surface area contributed by atoms with Crippen LogP contribution in [0.2, 0.25) is 0 Å². The molecule has 1 aromatic rings. The molecule has 0 spiro atoms. The molecule has 3 nitrogen and oxygen atoms in total. The van der Waals surface area contributed by atoms with Gasteiger partial charge in [-0.1, -0.05) is 0 Å². The minimum absolute atomic E-state index is 0.479. The highest BCUT2D eigenvalue weighted by Gasteiger charge is 2.06. The van der Waals surface area contributed by atoms with Crippen molar-refractivity contribution in [1.29, 1.82) is 0 Å². The molecule has 0 aromatic heterocycles. The van der Waals surface area contributed by atoms with Crippen LogP contribution in [-0.4, -0.2) is 15.5 Å². The molecule has 6 heteroatoms. The van der Waals surface area contributed by atoms with Gasteiger partial charge in [0.05, 0.1) is 4.90 Å². The number of nitrogens with zero attached hydrogens (tertiary/aromatic N) is 1. The Morgan fingerprint density at radius 1 is 1.15 bits per heavy atom. The number of hydrogen-bond donors (Lipinski definition) is 0. The number of rotatable bonds is 2. The average Bonchev–Trinajstić information content (AvgIpc) is 2.02. The van der Waals surface area contributed by atoms with E-state index in [1.54, 1.807) is 0 Å². The molecule has 0 atom stereocenters. The Balaban J connectivity index is 3.32. The number of halogens is 2. The van der Waals surface area contributed by atoms with Gasteiger partial charge in [-0.15, -0.1) is 0 Å². The Morgan fingerprint density at radius 3 is 2.00 bits per heavy atom. The van der Waals surface area contributed by atoms with Crippen LogP contribution in [0.25, 0.3) is 4.72 Å². The molecular formula is C7H6F2NO2S-. The molecule has 1 aromatic carbocycles. The molecule has 0 heterocycles. The predicted molar refractivity (Wildman–Crippen MR) is 42.8 cm³/mol. The van der Waals surface area contributed by atoms with Gasteiger partial charge >= 0.3 is 0 Å². The Labute approximate surface area is 74.4 Å². The first-order valence-electron chi connectivity index (χ1n) is 3.28. The van der Waals surface area contributed by atoms with Crippen molar-refractivity contribution < 1.29 is 17.2 Å². The largest absolute Gasteiger partial charge is 0.547 e. The van der Waals surface area contributed by atoms with Crippen LogP contribution in [0.5, 0.6) is 0 Å². The second-order valence-electron chi connectivity index (χ2n) is 2.26. The Morgan fingerprint density at radius 2 is 1.62 bits per heavy atom. The molecule has 0 saturated heterocycles. The zero-order valence-electron chi connectivity index (χ0n) is 6.66. The fraction of sp³-hybridized carbons (Fsp3) is 0.143. The number of sulfonamides is 1. The predicted octanol–water partition coefficient (Wildman–Crippen LogP) is 1.66. The van der Waals surface area contributed by atoms with E-state index in [0.29, 0.717) is 18.2 Å². The van der Waals surface area contributed by atoms with Gasteiger partial charge in [0.1, 0.15) is 21.7 Å². The van der Waals surface area contributed by atoms with E-state index in [0.717, 1.165) is 7.05 Å². The Bertz CT molecular complexity index is 396. The maximum atomic E-state index is 12.5. The summed E-state index contributed by atoms with van der Waals surface area (Å²) >= 11 is 0. The highest BCUT2D eigenvalue weighted by atomic mass is 32.2. The molecule has 0 aliphatic rings. The van der Waals surface area contributed by atoms with Crippen LogP contribution in [-0.2, 0) is 10.0 Å². The van der Waals surface area contributed by atoms with Crippen LogP contribution >= 0.6 is 0 Å². The molecular weight excluding hydrogens is 200 g/mol. The lowest BCUT2D eigenvalue weighted by atomic mass is 10.3. The lowest BCUT2D eigenvalue weighted by Gasteiger charge is -2.13. The number of benzene rings is 1. The maximum Gasteiger partial charge on any atom is 0.127 e. The highest BCUT2D eigenvalue weighted by molar-refractivity contribution is 7.94. The van der Waals surface area contributed by atoms with Crippen LogP contribution in [0.4, 0.5) is 8.78 Å². The smallest absolute Gasteiger partial charge is 0.127 e. The second kappa shape index (κ2) is 3.39. The van der Waals surface area contributed by atoms with E-state index in [9.17, 15) is 17.2 Å². The van der Waals surface area contributed by atoms with Crippen LogP contribution in [0.15, 0.2) is 23.1 Å². The Kier molecular flexibility index (Phi) is 2.63. The van der Waals surface area contributed by atoms with E-state index < -0.39 is 26.6 Å². The van der Waals surface area contributed by atoms with Gasteiger partial charge in [-0.05, 0) is 12.1 Å². The molecule has 0 amide bonds. The third kappa shape index (κ3) is 2.22. The summed E-state index contributed by atoms with van der Waals surface area (Å²) in [5.41, 5.74) is 0. The normalized spacial score (nSPS) is 11.6. The third-order valence-electron chi connectivity index (χ3n) is 1.37. The van der Waals surface area contributed by atoms with Crippen LogP contribution < -0.4 is 0 Å². The second-order valence-corrected chi connectivity index (χ2v) is 4.05. The van der Waals surface area contributed by atoms with Crippen molar-refractivity contribution in [2.24, 2.45) is 0 Å². The molecule has 13 heavy (non-hydrogen) atoms. The average molecular weight is 206 g/mol. The maximum absolute atomic E-state index is 12.5. The summed E-state index contributed by atoms with van der Waals surface area (Å²) in [5, 5.41) is 0. The molecule has 0 radical (unpaired) electrons. The van der Waals surface area contributed by atoms with Gasteiger partial charge in [-0.3, -0.25) is 0 Å². The zero-order valence-corrected chi connectivity index (χ0v) is 7.48. The summed E-state index contributed by atoms with van der Waals surface area (Å²) in [6.07, 6.45) is 0. The summed E-state index contributed by atoms with van der Waals surface area (Å²) in [4.78, 5) is -0.479. The van der Waals surface area contributed by atoms with Crippen molar-refractivity contribution in [2.45, 2.75) is 4.90 Å². The molecule has 0 fully saturated rings. The van der Waals surface area contributed by atoms with Crippen molar-refractivity contribution >= 4 is 10.0 Å². The SMILES string of the molecule is C[N-]S(=O)(=O)c1cc(F)cc(F)c1. The van der Waals surface area contributed by atoms with Gasteiger partial charge in [0, 0.05) is 6.07 Å². The van der Waals surface area contributed by atoms with Gasteiger partial charge in [0.25, 0.3) is 0 Å². The topological polar surface area (TPSA) is 48.2 Å². The first-order chi connectivity index (χ1) is 5.95. The first-order valence-corrected chi connectivity index (χ1v) is 4.72. The van der Waals surface area contributed by atoms with E-state index >= 15 is 0 Å². The van der Waals surface area contributed by atoms with E-state index in [1.807, 2.05) is 0 Å². The molecule has 0 saturated carbocycles. The first kappa shape index (κ1) is 10.1. The third-order valence-corrected chi connectivity index (χ3v) is 2.69. The lowest BCUT2D eigenvalue weighted by molar-refractivity contribution is 0.569. The van der Waals surface area contributed by atoms with E-state index in [2.05, 4.69) is 4.72 Å². The molecule has 0 aliphatic heterocycles. The van der Waals surface area contributed by atoms with E-state index in [-0.39, 0.29) is 0 Å². The summed E-state index contributed by atoms with van der Waals surface area (Å²) in [7, 11) is -2.86. The van der Waals surface area contributed by atoms with Gasteiger partial charge in [0.2, 0.25) is 0 Å². The fourth-order valence-electron chi connectivity index (χ4n) is 0.783. The van der Waals surface area contributed by atoms with Crippen LogP contribution in [0.1, 0.15) is 0 Å². The van der Waals surface area contributed by atoms with Crippen molar-refractivity contribution in [3.8, 4) is 0 Å². The van der Waals surface area contributed by atoms with Gasteiger partial charge in [-0.25, -0.2) is 17.2 Å². The Hall–Kier alpha value is -1.01. The molecule has 0 bridgehead atoms. The standard InChI is InChI=1S/C7H6F2NO2S/c1-10-13(11,12)7-3-5(8)2-6(9)4-7/h2-4H,1H3/q-1. The zero-order chi connectivity index (χ0) is 10.1. The summed E-state index contributed by atoms with van der Waals surface area (Å²) < 4.78 is 50.1. The van der Waals surface area contributed by atoms with Crippen LogP contribution in [0.3, 0.4) is 0 Å². The summed E-state index contributed by atoms with van der Waals surface area (Å²) in [5.74, 6) is -1.88.